The molecule has 134 valence electrons. The van der Waals surface area contributed by atoms with Gasteiger partial charge in [-0.2, -0.15) is 0 Å². The van der Waals surface area contributed by atoms with Crippen molar-refractivity contribution >= 4 is 11.7 Å². The zero-order chi connectivity index (χ0) is 18.7. The molecule has 0 aliphatic rings. The van der Waals surface area contributed by atoms with Gasteiger partial charge < -0.3 is 10.4 Å². The SMILES string of the molecule is Cc1c(NCc2ccc(CC(=O)O)cc2)c(=O)n(-c2ccccc2)n1C. The summed E-state index contributed by atoms with van der Waals surface area (Å²) in [6.45, 7) is 2.39. The summed E-state index contributed by atoms with van der Waals surface area (Å²) >= 11 is 0. The van der Waals surface area contributed by atoms with Crippen LogP contribution in [-0.4, -0.2) is 20.4 Å². The van der Waals surface area contributed by atoms with Crippen LogP contribution in [0.3, 0.4) is 0 Å². The smallest absolute Gasteiger partial charge is 0.307 e. The van der Waals surface area contributed by atoms with Gasteiger partial charge in [-0.3, -0.25) is 14.3 Å². The summed E-state index contributed by atoms with van der Waals surface area (Å²) in [5.74, 6) is -0.850. The number of nitrogens with zero attached hydrogens (tertiary/aromatic N) is 2. The van der Waals surface area contributed by atoms with E-state index in [-0.39, 0.29) is 12.0 Å². The third kappa shape index (κ3) is 3.54. The van der Waals surface area contributed by atoms with Crippen LogP contribution < -0.4 is 10.9 Å². The molecule has 6 heteroatoms. The highest BCUT2D eigenvalue weighted by Crippen LogP contribution is 2.15. The summed E-state index contributed by atoms with van der Waals surface area (Å²) in [5, 5.41) is 12.0. The van der Waals surface area contributed by atoms with Gasteiger partial charge in [0.2, 0.25) is 0 Å². The molecule has 0 atom stereocenters. The van der Waals surface area contributed by atoms with E-state index in [4.69, 9.17) is 5.11 Å². The lowest BCUT2D eigenvalue weighted by Crippen LogP contribution is -2.21. The van der Waals surface area contributed by atoms with E-state index in [1.165, 1.54) is 0 Å². The number of para-hydroxylation sites is 1. The number of aromatic nitrogens is 2. The molecule has 3 aromatic rings. The zero-order valence-electron chi connectivity index (χ0n) is 14.8. The molecule has 0 aliphatic carbocycles. The number of rotatable bonds is 6. The summed E-state index contributed by atoms with van der Waals surface area (Å²) in [4.78, 5) is 23.6. The second kappa shape index (κ2) is 7.31. The van der Waals surface area contributed by atoms with Gasteiger partial charge in [0.1, 0.15) is 5.69 Å². The number of anilines is 1. The van der Waals surface area contributed by atoms with Crippen molar-refractivity contribution in [3.63, 3.8) is 0 Å². The Bertz CT molecular complexity index is 970. The first kappa shape index (κ1) is 17.5. The first-order valence-electron chi connectivity index (χ1n) is 8.35. The van der Waals surface area contributed by atoms with Crippen LogP contribution >= 0.6 is 0 Å². The second-order valence-electron chi connectivity index (χ2n) is 6.18. The molecule has 0 amide bonds. The van der Waals surface area contributed by atoms with Crippen molar-refractivity contribution < 1.29 is 9.90 Å². The Labute approximate surface area is 151 Å². The van der Waals surface area contributed by atoms with E-state index in [1.807, 2.05) is 61.1 Å². The van der Waals surface area contributed by atoms with E-state index < -0.39 is 5.97 Å². The van der Waals surface area contributed by atoms with E-state index in [1.54, 1.807) is 16.8 Å². The van der Waals surface area contributed by atoms with Gasteiger partial charge >= 0.3 is 5.97 Å². The van der Waals surface area contributed by atoms with Crippen molar-refractivity contribution in [2.75, 3.05) is 5.32 Å². The van der Waals surface area contributed by atoms with Crippen molar-refractivity contribution in [2.24, 2.45) is 7.05 Å². The van der Waals surface area contributed by atoms with E-state index >= 15 is 0 Å². The lowest BCUT2D eigenvalue weighted by atomic mass is 10.1. The highest BCUT2D eigenvalue weighted by molar-refractivity contribution is 5.70. The minimum absolute atomic E-state index is 0.00723. The van der Waals surface area contributed by atoms with Gasteiger partial charge in [0.05, 0.1) is 17.8 Å². The van der Waals surface area contributed by atoms with Gasteiger partial charge in [-0.15, -0.1) is 0 Å². The molecule has 1 heterocycles. The Hall–Kier alpha value is -3.28. The second-order valence-corrected chi connectivity index (χ2v) is 6.18. The van der Waals surface area contributed by atoms with Crippen LogP contribution in [0.4, 0.5) is 5.69 Å². The van der Waals surface area contributed by atoms with Crippen molar-refractivity contribution in [3.8, 4) is 5.69 Å². The van der Waals surface area contributed by atoms with Crippen LogP contribution in [0.25, 0.3) is 5.69 Å². The maximum absolute atomic E-state index is 12.8. The summed E-state index contributed by atoms with van der Waals surface area (Å²) in [6, 6.07) is 16.8. The van der Waals surface area contributed by atoms with Crippen molar-refractivity contribution in [2.45, 2.75) is 19.9 Å². The third-order valence-corrected chi connectivity index (χ3v) is 4.40. The number of hydrogen-bond acceptors (Lipinski definition) is 3. The Morgan fingerprint density at radius 2 is 1.65 bits per heavy atom. The highest BCUT2D eigenvalue weighted by atomic mass is 16.4. The molecule has 0 radical (unpaired) electrons. The summed E-state index contributed by atoms with van der Waals surface area (Å²) in [7, 11) is 1.86. The van der Waals surface area contributed by atoms with Gasteiger partial charge in [-0.05, 0) is 30.2 Å². The number of carbonyl (C=O) groups is 1. The topological polar surface area (TPSA) is 76.3 Å². The van der Waals surface area contributed by atoms with Gasteiger partial charge in [0.15, 0.2) is 0 Å². The number of nitrogens with one attached hydrogen (secondary N) is 1. The molecule has 1 aromatic heterocycles. The average Bonchev–Trinajstić information content (AvgIpc) is 2.84. The van der Waals surface area contributed by atoms with Crippen LogP contribution in [0.15, 0.2) is 59.4 Å². The highest BCUT2D eigenvalue weighted by Gasteiger charge is 2.15. The van der Waals surface area contributed by atoms with Crippen molar-refractivity contribution in [3.05, 3.63) is 81.8 Å². The van der Waals surface area contributed by atoms with Crippen LogP contribution in [-0.2, 0) is 24.8 Å². The molecule has 6 nitrogen and oxygen atoms in total. The molecular formula is C20H21N3O3. The van der Waals surface area contributed by atoms with E-state index in [0.29, 0.717) is 12.2 Å². The third-order valence-electron chi connectivity index (χ3n) is 4.40. The number of benzene rings is 2. The lowest BCUT2D eigenvalue weighted by molar-refractivity contribution is -0.136. The molecule has 26 heavy (non-hydrogen) atoms. The van der Waals surface area contributed by atoms with Crippen LogP contribution in [0.5, 0.6) is 0 Å². The molecule has 0 aliphatic heterocycles. The standard InChI is InChI=1S/C20H21N3O3/c1-14-19(20(26)23(22(14)2)17-6-4-3-5-7-17)21-13-16-10-8-15(9-11-16)12-18(24)25/h3-11,21H,12-13H2,1-2H3,(H,24,25). The fourth-order valence-corrected chi connectivity index (χ4v) is 2.91. The molecule has 0 fully saturated rings. The van der Waals surface area contributed by atoms with Gasteiger partial charge in [0.25, 0.3) is 5.56 Å². The number of carboxylic acid groups (broad SMARTS) is 1. The maximum Gasteiger partial charge on any atom is 0.307 e. The predicted molar refractivity (Wildman–Crippen MR) is 101 cm³/mol. The number of hydrogen-bond donors (Lipinski definition) is 2. The van der Waals surface area contributed by atoms with Gasteiger partial charge in [-0.1, -0.05) is 42.5 Å². The van der Waals surface area contributed by atoms with E-state index in [2.05, 4.69) is 5.32 Å². The number of carboxylic acids is 1. The van der Waals surface area contributed by atoms with Crippen LogP contribution in [0, 0.1) is 6.92 Å². The Kier molecular flexibility index (Phi) is 4.93. The number of aliphatic carboxylic acids is 1. The lowest BCUT2D eigenvalue weighted by Gasteiger charge is -2.07. The Morgan fingerprint density at radius 3 is 2.27 bits per heavy atom. The quantitative estimate of drug-likeness (QED) is 0.716. The van der Waals surface area contributed by atoms with Gasteiger partial charge in [-0.25, -0.2) is 4.68 Å². The minimum Gasteiger partial charge on any atom is -0.481 e. The Morgan fingerprint density at radius 1 is 1.04 bits per heavy atom. The van der Waals surface area contributed by atoms with Crippen LogP contribution in [0.2, 0.25) is 0 Å². The fourth-order valence-electron chi connectivity index (χ4n) is 2.91. The molecule has 0 saturated heterocycles. The molecule has 2 aromatic carbocycles. The van der Waals surface area contributed by atoms with Gasteiger partial charge in [0, 0.05) is 13.6 Å². The van der Waals surface area contributed by atoms with Crippen LogP contribution in [0.1, 0.15) is 16.8 Å². The predicted octanol–water partition coefficient (Wildman–Crippen LogP) is 2.72. The molecule has 3 rings (SSSR count). The molecule has 2 N–H and O–H groups in total. The molecule has 0 saturated carbocycles. The average molecular weight is 351 g/mol. The maximum atomic E-state index is 12.8. The van der Waals surface area contributed by atoms with Crippen molar-refractivity contribution in [1.29, 1.82) is 0 Å². The summed E-state index contributed by atoms with van der Waals surface area (Å²) < 4.78 is 3.46. The first-order chi connectivity index (χ1) is 12.5. The first-order valence-corrected chi connectivity index (χ1v) is 8.35. The summed E-state index contributed by atoms with van der Waals surface area (Å²) in [5.41, 5.74) is 3.86. The minimum atomic E-state index is -0.850. The molecule has 0 spiro atoms. The molecule has 0 unspecified atom stereocenters. The van der Waals surface area contributed by atoms with E-state index in [9.17, 15) is 9.59 Å². The van der Waals surface area contributed by atoms with Crippen molar-refractivity contribution in [1.82, 2.24) is 9.36 Å². The van der Waals surface area contributed by atoms with E-state index in [0.717, 1.165) is 22.5 Å². The Balaban J connectivity index is 1.81. The molecule has 0 bridgehead atoms. The zero-order valence-corrected chi connectivity index (χ0v) is 14.8. The fraction of sp³-hybridized carbons (Fsp3) is 0.200. The monoisotopic (exact) mass is 351 g/mol. The molecular weight excluding hydrogens is 330 g/mol. The largest absolute Gasteiger partial charge is 0.481 e. The summed E-state index contributed by atoms with van der Waals surface area (Å²) in [6.07, 6.45) is 0.00723. The normalized spacial score (nSPS) is 10.7.